The third kappa shape index (κ3) is 16.9. The summed E-state index contributed by atoms with van der Waals surface area (Å²) in [5.41, 5.74) is 17.5. The SMILES string of the molecule is CC(C)N(C(=O)[C@H](CCC(N)=O)NC(=O)[C@@H](N)CC(=O)O)[C@@H](CCCCN)C(=O)N[C@@H](C)C(=O)N[C@@H](Cc1ccccc1)C(=O)N[C@@H](CC1CCCCC1)C(=O)O. The van der Waals surface area contributed by atoms with E-state index in [1.54, 1.807) is 44.2 Å². The number of carbonyl (C=O) groups is 8. The molecule has 1 aliphatic rings. The first kappa shape index (κ1) is 48.0. The van der Waals surface area contributed by atoms with Gasteiger partial charge in [0.25, 0.3) is 0 Å². The number of amides is 6. The van der Waals surface area contributed by atoms with Crippen molar-refractivity contribution in [2.24, 2.45) is 23.1 Å². The number of hydrogen-bond donors (Lipinski definition) is 9. The molecule has 0 aromatic heterocycles. The maximum Gasteiger partial charge on any atom is 0.326 e. The number of aliphatic carboxylic acids is 2. The summed E-state index contributed by atoms with van der Waals surface area (Å²) in [7, 11) is 0. The Hall–Kier alpha value is -5.10. The van der Waals surface area contributed by atoms with Gasteiger partial charge in [0.2, 0.25) is 35.4 Å². The van der Waals surface area contributed by atoms with E-state index >= 15 is 0 Å². The number of primary amides is 1. The molecule has 6 atom stereocenters. The molecule has 0 saturated heterocycles. The summed E-state index contributed by atoms with van der Waals surface area (Å²) in [5.74, 6) is -7.06. The molecule has 1 aromatic carbocycles. The van der Waals surface area contributed by atoms with E-state index in [1.807, 2.05) is 0 Å². The minimum atomic E-state index is -1.51. The van der Waals surface area contributed by atoms with E-state index in [2.05, 4.69) is 21.3 Å². The molecule has 2 rings (SSSR count). The number of nitrogens with one attached hydrogen (secondary N) is 4. The summed E-state index contributed by atoms with van der Waals surface area (Å²) in [5, 5.41) is 29.4. The maximum absolute atomic E-state index is 14.2. The lowest BCUT2D eigenvalue weighted by Gasteiger charge is -2.37. The number of benzene rings is 1. The first-order valence-corrected chi connectivity index (χ1v) is 19.7. The largest absolute Gasteiger partial charge is 0.481 e. The molecule has 18 heteroatoms. The quantitative estimate of drug-likeness (QED) is 0.0593. The highest BCUT2D eigenvalue weighted by Crippen LogP contribution is 2.27. The molecule has 1 fully saturated rings. The monoisotopic (exact) mass is 802 g/mol. The second kappa shape index (κ2) is 24.5. The number of carbonyl (C=O) groups excluding carboxylic acids is 6. The van der Waals surface area contributed by atoms with Crippen LogP contribution in [0.4, 0.5) is 0 Å². The van der Waals surface area contributed by atoms with E-state index < -0.39 is 96.1 Å². The molecule has 318 valence electrons. The van der Waals surface area contributed by atoms with Crippen LogP contribution in [0.15, 0.2) is 30.3 Å². The molecule has 0 radical (unpaired) electrons. The lowest BCUT2D eigenvalue weighted by Crippen LogP contribution is -2.61. The summed E-state index contributed by atoms with van der Waals surface area (Å²) in [4.78, 5) is 105. The molecule has 57 heavy (non-hydrogen) atoms. The van der Waals surface area contributed by atoms with Crippen LogP contribution in [0.5, 0.6) is 0 Å². The Kier molecular flexibility index (Phi) is 20.7. The van der Waals surface area contributed by atoms with Gasteiger partial charge in [0.05, 0.1) is 12.5 Å². The van der Waals surface area contributed by atoms with E-state index in [-0.39, 0.29) is 44.6 Å². The molecule has 0 spiro atoms. The van der Waals surface area contributed by atoms with E-state index in [1.165, 1.54) is 11.8 Å². The van der Waals surface area contributed by atoms with Crippen LogP contribution < -0.4 is 38.5 Å². The third-order valence-electron chi connectivity index (χ3n) is 9.98. The normalized spacial score (nSPS) is 16.2. The predicted molar refractivity (Wildman–Crippen MR) is 210 cm³/mol. The van der Waals surface area contributed by atoms with Crippen LogP contribution in [-0.2, 0) is 44.8 Å². The Morgan fingerprint density at radius 1 is 0.772 bits per heavy atom. The molecule has 0 bridgehead atoms. The first-order chi connectivity index (χ1) is 26.9. The third-order valence-corrected chi connectivity index (χ3v) is 9.98. The molecule has 18 nitrogen and oxygen atoms in total. The fourth-order valence-electron chi connectivity index (χ4n) is 6.91. The summed E-state index contributed by atoms with van der Waals surface area (Å²) in [6.07, 6.45) is 4.75. The summed E-state index contributed by atoms with van der Waals surface area (Å²) in [6.45, 7) is 4.94. The zero-order chi connectivity index (χ0) is 42.7. The van der Waals surface area contributed by atoms with Crippen molar-refractivity contribution in [2.45, 2.75) is 147 Å². The Morgan fingerprint density at radius 2 is 1.39 bits per heavy atom. The number of unbranched alkanes of at least 4 members (excludes halogenated alkanes) is 1. The molecule has 1 aromatic rings. The highest BCUT2D eigenvalue weighted by Gasteiger charge is 2.38. The van der Waals surface area contributed by atoms with Gasteiger partial charge in [-0.2, -0.15) is 0 Å². The van der Waals surface area contributed by atoms with Crippen LogP contribution in [0.3, 0.4) is 0 Å². The Bertz CT molecular complexity index is 1520. The van der Waals surface area contributed by atoms with Crippen molar-refractivity contribution in [3.63, 3.8) is 0 Å². The van der Waals surface area contributed by atoms with Crippen molar-refractivity contribution in [2.75, 3.05) is 6.54 Å². The van der Waals surface area contributed by atoms with Crippen LogP contribution >= 0.6 is 0 Å². The van der Waals surface area contributed by atoms with Gasteiger partial charge in [-0.3, -0.25) is 33.6 Å². The van der Waals surface area contributed by atoms with Crippen molar-refractivity contribution in [1.82, 2.24) is 26.2 Å². The van der Waals surface area contributed by atoms with E-state index in [0.717, 1.165) is 32.1 Å². The van der Waals surface area contributed by atoms with Gasteiger partial charge in [-0.15, -0.1) is 0 Å². The molecule has 1 saturated carbocycles. The summed E-state index contributed by atoms with van der Waals surface area (Å²) in [6, 6.07) is 0.425. The van der Waals surface area contributed by atoms with Crippen molar-refractivity contribution in [3.8, 4) is 0 Å². The number of rotatable bonds is 25. The van der Waals surface area contributed by atoms with Gasteiger partial charge in [0.15, 0.2) is 0 Å². The van der Waals surface area contributed by atoms with Gasteiger partial charge in [-0.05, 0) is 70.9 Å². The van der Waals surface area contributed by atoms with Crippen molar-refractivity contribution in [3.05, 3.63) is 35.9 Å². The van der Waals surface area contributed by atoms with E-state index in [9.17, 15) is 43.5 Å². The van der Waals surface area contributed by atoms with Crippen molar-refractivity contribution in [1.29, 1.82) is 0 Å². The second-order valence-electron chi connectivity index (χ2n) is 15.0. The Balaban J connectivity index is 2.34. The molecule has 12 N–H and O–H groups in total. The smallest absolute Gasteiger partial charge is 0.326 e. The number of nitrogens with zero attached hydrogens (tertiary/aromatic N) is 1. The average molecular weight is 803 g/mol. The topological polar surface area (TPSA) is 306 Å². The highest BCUT2D eigenvalue weighted by molar-refractivity contribution is 5.97. The van der Waals surface area contributed by atoms with Gasteiger partial charge < -0.3 is 53.6 Å². The molecule has 1 aliphatic carbocycles. The molecule has 6 amide bonds. The molecular weight excluding hydrogens is 740 g/mol. The fourth-order valence-corrected chi connectivity index (χ4v) is 6.91. The summed E-state index contributed by atoms with van der Waals surface area (Å²) >= 11 is 0. The lowest BCUT2D eigenvalue weighted by atomic mass is 9.84. The lowest BCUT2D eigenvalue weighted by molar-refractivity contribution is -0.147. The number of hydrogen-bond acceptors (Lipinski definition) is 10. The number of nitrogens with two attached hydrogens (primary N) is 3. The molecular formula is C39H62N8O10. The number of carboxylic acid groups (broad SMARTS) is 2. The minimum Gasteiger partial charge on any atom is -0.481 e. The van der Waals surface area contributed by atoms with E-state index in [4.69, 9.17) is 22.3 Å². The van der Waals surface area contributed by atoms with Crippen molar-refractivity contribution >= 4 is 47.4 Å². The van der Waals surface area contributed by atoms with Crippen LogP contribution in [-0.4, -0.2) is 111 Å². The predicted octanol–water partition coefficient (Wildman–Crippen LogP) is 0.0453. The van der Waals surface area contributed by atoms with Gasteiger partial charge in [0, 0.05) is 18.9 Å². The molecule has 0 aliphatic heterocycles. The standard InChI is InChI=1S/C39H62N8O10/c1-23(2)47(38(55)28(17-18-32(42)48)44-35(52)27(41)22-33(49)50)31(16-10-11-19-40)37(54)43-24(3)34(51)45-29(20-25-12-6-4-7-13-25)36(53)46-30(39(56)57)21-26-14-8-5-9-15-26/h4,6-7,12-13,23-24,26-31H,5,8-11,14-22,40-41H2,1-3H3,(H2,42,48)(H,43,54)(H,44,52)(H,45,51)(H,46,53)(H,49,50)(H,56,57)/t24-,27-,28-,29-,30-,31-/m0/s1. The Morgan fingerprint density at radius 3 is 1.95 bits per heavy atom. The zero-order valence-electron chi connectivity index (χ0n) is 33.2. The van der Waals surface area contributed by atoms with Gasteiger partial charge in [-0.25, -0.2) is 4.79 Å². The van der Waals surface area contributed by atoms with Gasteiger partial charge >= 0.3 is 11.9 Å². The van der Waals surface area contributed by atoms with Crippen LogP contribution in [0.25, 0.3) is 0 Å². The fraction of sp³-hybridized carbons (Fsp3) is 0.641. The van der Waals surface area contributed by atoms with Gasteiger partial charge in [-0.1, -0.05) is 62.4 Å². The Labute approximate surface area is 333 Å². The first-order valence-electron chi connectivity index (χ1n) is 19.7. The second-order valence-corrected chi connectivity index (χ2v) is 15.0. The minimum absolute atomic E-state index is 0.0285. The molecule has 0 heterocycles. The molecule has 0 unspecified atom stereocenters. The highest BCUT2D eigenvalue weighted by atomic mass is 16.4. The van der Waals surface area contributed by atoms with Gasteiger partial charge in [0.1, 0.15) is 30.2 Å². The zero-order valence-corrected chi connectivity index (χ0v) is 33.2. The average Bonchev–Trinajstić information content (AvgIpc) is 3.15. The van der Waals surface area contributed by atoms with Crippen LogP contribution in [0.1, 0.15) is 103 Å². The number of carboxylic acids is 2. The summed E-state index contributed by atoms with van der Waals surface area (Å²) < 4.78 is 0. The van der Waals surface area contributed by atoms with E-state index in [0.29, 0.717) is 18.4 Å². The maximum atomic E-state index is 14.2. The van der Waals surface area contributed by atoms with Crippen molar-refractivity contribution < 1.29 is 48.6 Å². The van der Waals surface area contributed by atoms with Crippen LogP contribution in [0, 0.1) is 5.92 Å². The van der Waals surface area contributed by atoms with Crippen LogP contribution in [0.2, 0.25) is 0 Å².